The average Bonchev–Trinajstić information content (AvgIpc) is 3.19. The molecule has 32 heavy (non-hydrogen) atoms. The topological polar surface area (TPSA) is 96.6 Å². The number of nitrogens with zero attached hydrogens (tertiary/aromatic N) is 3. The van der Waals surface area contributed by atoms with Crippen LogP contribution in [0.15, 0.2) is 29.4 Å². The molecule has 1 aliphatic carbocycles. The van der Waals surface area contributed by atoms with Gasteiger partial charge in [-0.05, 0) is 44.9 Å². The molecule has 1 amide bonds. The van der Waals surface area contributed by atoms with E-state index < -0.39 is 23.4 Å². The minimum atomic E-state index is -4.60. The molecule has 7 nitrogen and oxygen atoms in total. The summed E-state index contributed by atoms with van der Waals surface area (Å²) in [6, 6.07) is 4.75. The van der Waals surface area contributed by atoms with Crippen LogP contribution in [-0.4, -0.2) is 43.0 Å². The number of carbonyl (C=O) groups is 2. The average molecular weight is 485 g/mol. The SMILES string of the molecule is Cc1cc(SCC(=O)c2ccc([C@@](C)(O)C(=O)NC3CC3)s2)n2cc(C(F)(F)F)nc2n1. The molecule has 3 heterocycles. The number of hydrogen-bond donors (Lipinski definition) is 2. The number of fused-ring (bicyclic) bond motifs is 1. The molecule has 4 rings (SSSR count). The number of aliphatic hydroxyl groups is 1. The molecule has 0 aromatic carbocycles. The van der Waals surface area contributed by atoms with E-state index in [1.807, 2.05) is 0 Å². The van der Waals surface area contributed by atoms with Gasteiger partial charge in [-0.25, -0.2) is 9.97 Å². The maximum atomic E-state index is 13.0. The van der Waals surface area contributed by atoms with Gasteiger partial charge in [0.05, 0.1) is 15.7 Å². The molecule has 0 saturated heterocycles. The lowest BCUT2D eigenvalue weighted by atomic mass is 10.0. The lowest BCUT2D eigenvalue weighted by Gasteiger charge is -2.20. The molecule has 1 aliphatic rings. The van der Waals surface area contributed by atoms with E-state index in [4.69, 9.17) is 0 Å². The quantitative estimate of drug-likeness (QED) is 0.302. The molecule has 2 N–H and O–H groups in total. The first-order chi connectivity index (χ1) is 14.9. The first-order valence-electron chi connectivity index (χ1n) is 9.69. The molecule has 0 aliphatic heterocycles. The number of aryl methyl sites for hydroxylation is 1. The highest BCUT2D eigenvalue weighted by molar-refractivity contribution is 8.00. The molecule has 0 unspecified atom stereocenters. The highest BCUT2D eigenvalue weighted by atomic mass is 32.2. The number of thiophene rings is 1. The normalized spacial score (nSPS) is 16.2. The summed E-state index contributed by atoms with van der Waals surface area (Å²) in [7, 11) is 0. The molecule has 1 fully saturated rings. The van der Waals surface area contributed by atoms with E-state index >= 15 is 0 Å². The Labute approximate surface area is 189 Å². The van der Waals surface area contributed by atoms with Crippen LogP contribution in [0.3, 0.4) is 0 Å². The summed E-state index contributed by atoms with van der Waals surface area (Å²) < 4.78 is 40.2. The summed E-state index contributed by atoms with van der Waals surface area (Å²) in [5, 5.41) is 13.8. The number of rotatable bonds is 7. The third-order valence-corrected chi connectivity index (χ3v) is 7.24. The van der Waals surface area contributed by atoms with Crippen LogP contribution in [0.4, 0.5) is 13.2 Å². The van der Waals surface area contributed by atoms with Gasteiger partial charge in [0.15, 0.2) is 17.1 Å². The standard InChI is InChI=1S/C20H19F3N4O3S2/c1-10-7-16(27-8-14(20(21,22)23)26-18(27)24-10)31-9-12(28)13-5-6-15(32-13)19(2,30)17(29)25-11-3-4-11/h5-8,11,30H,3-4,9H2,1-2H3,(H,25,29)/t19-/m1/s1. The van der Waals surface area contributed by atoms with Crippen LogP contribution in [0.2, 0.25) is 0 Å². The Bertz CT molecular complexity index is 1200. The molecule has 1 atom stereocenters. The monoisotopic (exact) mass is 484 g/mol. The molecule has 0 bridgehead atoms. The van der Waals surface area contributed by atoms with Crippen LogP contribution in [0.1, 0.15) is 45.7 Å². The van der Waals surface area contributed by atoms with Crippen molar-refractivity contribution in [2.45, 2.75) is 49.5 Å². The summed E-state index contributed by atoms with van der Waals surface area (Å²) in [5.41, 5.74) is -2.33. The van der Waals surface area contributed by atoms with Crippen molar-refractivity contribution in [2.24, 2.45) is 0 Å². The fourth-order valence-electron chi connectivity index (χ4n) is 2.92. The van der Waals surface area contributed by atoms with Crippen LogP contribution in [0, 0.1) is 6.92 Å². The van der Waals surface area contributed by atoms with E-state index in [2.05, 4.69) is 15.3 Å². The van der Waals surface area contributed by atoms with Crippen LogP contribution in [-0.2, 0) is 16.6 Å². The van der Waals surface area contributed by atoms with Gasteiger partial charge in [-0.3, -0.25) is 14.0 Å². The number of nitrogens with one attached hydrogen (secondary N) is 1. The number of alkyl halides is 3. The molecule has 170 valence electrons. The second-order valence-corrected chi connectivity index (χ2v) is 9.80. The number of thioether (sulfide) groups is 1. The summed E-state index contributed by atoms with van der Waals surface area (Å²) in [5.74, 6) is -0.925. The predicted molar refractivity (Wildman–Crippen MR) is 113 cm³/mol. The van der Waals surface area contributed by atoms with Crippen molar-refractivity contribution in [1.29, 1.82) is 0 Å². The maximum Gasteiger partial charge on any atom is 0.434 e. The van der Waals surface area contributed by atoms with Crippen molar-refractivity contribution in [3.05, 3.63) is 45.5 Å². The summed E-state index contributed by atoms with van der Waals surface area (Å²) in [6.07, 6.45) is -1.98. The first kappa shape index (κ1) is 22.7. The van der Waals surface area contributed by atoms with Crippen LogP contribution >= 0.6 is 23.1 Å². The van der Waals surface area contributed by atoms with E-state index in [9.17, 15) is 27.9 Å². The number of aromatic nitrogens is 3. The van der Waals surface area contributed by atoms with Gasteiger partial charge in [-0.2, -0.15) is 13.2 Å². The third-order valence-electron chi connectivity index (χ3n) is 4.89. The predicted octanol–water partition coefficient (Wildman–Crippen LogP) is 3.58. The van der Waals surface area contributed by atoms with Crippen molar-refractivity contribution >= 4 is 40.6 Å². The van der Waals surface area contributed by atoms with E-state index in [1.165, 1.54) is 23.5 Å². The number of imidazole rings is 1. The Hall–Kier alpha value is -2.44. The molecule has 12 heteroatoms. The van der Waals surface area contributed by atoms with E-state index in [0.717, 1.165) is 42.1 Å². The summed E-state index contributed by atoms with van der Waals surface area (Å²) in [6.45, 7) is 3.02. The second kappa shape index (κ2) is 8.16. The Morgan fingerprint density at radius 2 is 2.03 bits per heavy atom. The number of Topliss-reactive ketones (excluding diaryl/α,β-unsaturated/α-hetero) is 1. The van der Waals surface area contributed by atoms with E-state index in [0.29, 0.717) is 20.5 Å². The van der Waals surface area contributed by atoms with Gasteiger partial charge >= 0.3 is 6.18 Å². The van der Waals surface area contributed by atoms with Crippen LogP contribution in [0.25, 0.3) is 5.78 Å². The van der Waals surface area contributed by atoms with Gasteiger partial charge < -0.3 is 10.4 Å². The van der Waals surface area contributed by atoms with Crippen molar-refractivity contribution in [1.82, 2.24) is 19.7 Å². The summed E-state index contributed by atoms with van der Waals surface area (Å²) >= 11 is 2.08. The van der Waals surface area contributed by atoms with Crippen LogP contribution < -0.4 is 5.32 Å². The third kappa shape index (κ3) is 4.66. The van der Waals surface area contributed by atoms with Crippen molar-refractivity contribution in [3.8, 4) is 0 Å². The molecule has 3 aromatic heterocycles. The van der Waals surface area contributed by atoms with Gasteiger partial charge in [-0.15, -0.1) is 11.3 Å². The first-order valence-corrected chi connectivity index (χ1v) is 11.5. The fourth-order valence-corrected chi connectivity index (χ4v) is 4.96. The van der Waals surface area contributed by atoms with E-state index in [1.54, 1.807) is 13.0 Å². The molecule has 0 spiro atoms. The van der Waals surface area contributed by atoms with Gasteiger partial charge in [0.2, 0.25) is 5.78 Å². The van der Waals surface area contributed by atoms with Crippen molar-refractivity contribution in [3.63, 3.8) is 0 Å². The minimum absolute atomic E-state index is 0.0472. The van der Waals surface area contributed by atoms with E-state index in [-0.39, 0.29) is 23.4 Å². The number of amides is 1. The number of carbonyl (C=O) groups excluding carboxylic acids is 2. The fraction of sp³-hybridized carbons (Fsp3) is 0.400. The molecular weight excluding hydrogens is 465 g/mol. The Morgan fingerprint density at radius 3 is 2.69 bits per heavy atom. The number of hydrogen-bond acceptors (Lipinski definition) is 7. The van der Waals surface area contributed by atoms with Crippen molar-refractivity contribution < 1.29 is 27.9 Å². The number of halogens is 3. The Morgan fingerprint density at radius 1 is 1.31 bits per heavy atom. The zero-order valence-corrected chi connectivity index (χ0v) is 18.7. The number of ketones is 1. The molecule has 3 aromatic rings. The van der Waals surface area contributed by atoms with Gasteiger partial charge in [0.25, 0.3) is 5.91 Å². The van der Waals surface area contributed by atoms with Crippen molar-refractivity contribution in [2.75, 3.05) is 5.75 Å². The second-order valence-electron chi connectivity index (χ2n) is 7.73. The Kier molecular flexibility index (Phi) is 5.80. The largest absolute Gasteiger partial charge is 0.434 e. The highest BCUT2D eigenvalue weighted by Crippen LogP contribution is 2.33. The molecule has 1 saturated carbocycles. The zero-order chi connectivity index (χ0) is 23.3. The highest BCUT2D eigenvalue weighted by Gasteiger charge is 2.38. The van der Waals surface area contributed by atoms with Gasteiger partial charge in [0, 0.05) is 22.8 Å². The molecular formula is C20H19F3N4O3S2. The van der Waals surface area contributed by atoms with Crippen LogP contribution in [0.5, 0.6) is 0 Å². The maximum absolute atomic E-state index is 13.0. The minimum Gasteiger partial charge on any atom is -0.375 e. The lowest BCUT2D eigenvalue weighted by Crippen LogP contribution is -2.42. The smallest absolute Gasteiger partial charge is 0.375 e. The van der Waals surface area contributed by atoms with Gasteiger partial charge in [0.1, 0.15) is 0 Å². The lowest BCUT2D eigenvalue weighted by molar-refractivity contribution is -0.141. The zero-order valence-electron chi connectivity index (χ0n) is 17.1. The summed E-state index contributed by atoms with van der Waals surface area (Å²) in [4.78, 5) is 33.2. The Balaban J connectivity index is 1.49. The van der Waals surface area contributed by atoms with Gasteiger partial charge in [-0.1, -0.05) is 11.8 Å². The molecule has 0 radical (unpaired) electrons.